The van der Waals surface area contributed by atoms with Crippen LogP contribution in [0.3, 0.4) is 0 Å². The lowest BCUT2D eigenvalue weighted by Gasteiger charge is -2.23. The largest absolute Gasteiger partial charge is 0.381 e. The molecule has 2 atom stereocenters. The molecule has 1 amide bonds. The van der Waals surface area contributed by atoms with Gasteiger partial charge in [-0.25, -0.2) is 0 Å². The SMILES string of the molecule is O=C(NCC1CCCOC1)[C@@H]1CCCN1. The third-order valence-electron chi connectivity index (χ3n) is 3.20. The first-order valence-electron chi connectivity index (χ1n) is 5.95. The topological polar surface area (TPSA) is 50.4 Å². The summed E-state index contributed by atoms with van der Waals surface area (Å²) >= 11 is 0. The number of amides is 1. The molecule has 0 saturated carbocycles. The van der Waals surface area contributed by atoms with E-state index in [0.29, 0.717) is 5.92 Å². The van der Waals surface area contributed by atoms with Crippen molar-refractivity contribution >= 4 is 5.91 Å². The Hall–Kier alpha value is -0.610. The summed E-state index contributed by atoms with van der Waals surface area (Å²) < 4.78 is 5.37. The van der Waals surface area contributed by atoms with Crippen LogP contribution in [0.25, 0.3) is 0 Å². The van der Waals surface area contributed by atoms with Crippen LogP contribution in [0.1, 0.15) is 25.7 Å². The molecular formula is C11H20N2O2. The molecule has 4 heteroatoms. The van der Waals surface area contributed by atoms with E-state index in [4.69, 9.17) is 4.74 Å². The van der Waals surface area contributed by atoms with Gasteiger partial charge < -0.3 is 15.4 Å². The normalized spacial score (nSPS) is 31.5. The van der Waals surface area contributed by atoms with Crippen molar-refractivity contribution in [3.8, 4) is 0 Å². The number of hydrogen-bond acceptors (Lipinski definition) is 3. The highest BCUT2D eigenvalue weighted by Gasteiger charge is 2.22. The quantitative estimate of drug-likeness (QED) is 0.706. The molecular weight excluding hydrogens is 192 g/mol. The summed E-state index contributed by atoms with van der Waals surface area (Å²) in [6.07, 6.45) is 4.40. The molecule has 2 aliphatic rings. The van der Waals surface area contributed by atoms with E-state index in [1.54, 1.807) is 0 Å². The predicted octanol–water partition coefficient (Wildman–Crippen LogP) is 0.281. The minimum absolute atomic E-state index is 0.0505. The van der Waals surface area contributed by atoms with Gasteiger partial charge in [-0.2, -0.15) is 0 Å². The highest BCUT2D eigenvalue weighted by molar-refractivity contribution is 5.81. The van der Waals surface area contributed by atoms with Crippen LogP contribution < -0.4 is 10.6 Å². The Balaban J connectivity index is 1.65. The van der Waals surface area contributed by atoms with Gasteiger partial charge in [0.25, 0.3) is 0 Å². The van der Waals surface area contributed by atoms with Crippen molar-refractivity contribution in [2.45, 2.75) is 31.7 Å². The smallest absolute Gasteiger partial charge is 0.237 e. The fraction of sp³-hybridized carbons (Fsp3) is 0.909. The van der Waals surface area contributed by atoms with Crippen molar-refractivity contribution in [3.63, 3.8) is 0 Å². The molecule has 0 spiro atoms. The van der Waals surface area contributed by atoms with Crippen molar-refractivity contribution in [2.75, 3.05) is 26.3 Å². The second kappa shape index (κ2) is 5.47. The van der Waals surface area contributed by atoms with Crippen molar-refractivity contribution in [1.29, 1.82) is 0 Å². The third kappa shape index (κ3) is 3.18. The van der Waals surface area contributed by atoms with Gasteiger partial charge in [0.15, 0.2) is 0 Å². The minimum atomic E-state index is 0.0505. The molecule has 15 heavy (non-hydrogen) atoms. The molecule has 0 aromatic heterocycles. The highest BCUT2D eigenvalue weighted by Crippen LogP contribution is 2.12. The van der Waals surface area contributed by atoms with E-state index in [1.807, 2.05) is 0 Å². The standard InChI is InChI=1S/C11H20N2O2/c14-11(10-4-1-5-12-10)13-7-9-3-2-6-15-8-9/h9-10,12H,1-8H2,(H,13,14)/t9?,10-/m0/s1. The first-order chi connectivity index (χ1) is 7.36. The summed E-state index contributed by atoms with van der Waals surface area (Å²) in [5.41, 5.74) is 0. The maximum Gasteiger partial charge on any atom is 0.237 e. The Morgan fingerprint density at radius 1 is 1.40 bits per heavy atom. The van der Waals surface area contributed by atoms with Gasteiger partial charge in [-0.05, 0) is 38.1 Å². The number of ether oxygens (including phenoxy) is 1. The van der Waals surface area contributed by atoms with Gasteiger partial charge in [0.1, 0.15) is 0 Å². The van der Waals surface area contributed by atoms with Crippen LogP contribution in [0.2, 0.25) is 0 Å². The van der Waals surface area contributed by atoms with Crippen LogP contribution in [-0.4, -0.2) is 38.3 Å². The van der Waals surface area contributed by atoms with Crippen LogP contribution >= 0.6 is 0 Å². The predicted molar refractivity (Wildman–Crippen MR) is 57.6 cm³/mol. The Morgan fingerprint density at radius 2 is 2.33 bits per heavy atom. The van der Waals surface area contributed by atoms with E-state index in [0.717, 1.165) is 45.6 Å². The van der Waals surface area contributed by atoms with E-state index >= 15 is 0 Å². The highest BCUT2D eigenvalue weighted by atomic mass is 16.5. The van der Waals surface area contributed by atoms with Gasteiger partial charge >= 0.3 is 0 Å². The number of carbonyl (C=O) groups is 1. The van der Waals surface area contributed by atoms with Gasteiger partial charge in [0.05, 0.1) is 12.6 Å². The lowest BCUT2D eigenvalue weighted by molar-refractivity contribution is -0.123. The first kappa shape index (κ1) is 10.9. The molecule has 2 rings (SSSR count). The molecule has 2 heterocycles. The molecule has 2 saturated heterocycles. The van der Waals surface area contributed by atoms with E-state index in [1.165, 1.54) is 6.42 Å². The summed E-state index contributed by atoms with van der Waals surface area (Å²) in [5, 5.41) is 6.21. The van der Waals surface area contributed by atoms with Crippen LogP contribution in [0.15, 0.2) is 0 Å². The zero-order valence-electron chi connectivity index (χ0n) is 9.13. The number of rotatable bonds is 3. The van der Waals surface area contributed by atoms with Crippen molar-refractivity contribution in [1.82, 2.24) is 10.6 Å². The van der Waals surface area contributed by atoms with E-state index in [9.17, 15) is 4.79 Å². The van der Waals surface area contributed by atoms with Crippen LogP contribution in [0.4, 0.5) is 0 Å². The number of hydrogen-bond donors (Lipinski definition) is 2. The second-order valence-electron chi connectivity index (χ2n) is 4.48. The minimum Gasteiger partial charge on any atom is -0.381 e. The first-order valence-corrected chi connectivity index (χ1v) is 5.95. The molecule has 0 aromatic carbocycles. The van der Waals surface area contributed by atoms with Crippen LogP contribution in [-0.2, 0) is 9.53 Å². The summed E-state index contributed by atoms with van der Waals surface area (Å²) in [4.78, 5) is 11.7. The summed E-state index contributed by atoms with van der Waals surface area (Å²) in [5.74, 6) is 0.683. The van der Waals surface area contributed by atoms with Gasteiger partial charge in [0, 0.05) is 13.2 Å². The molecule has 2 fully saturated rings. The molecule has 1 unspecified atom stereocenters. The van der Waals surface area contributed by atoms with E-state index < -0.39 is 0 Å². The van der Waals surface area contributed by atoms with Gasteiger partial charge in [-0.1, -0.05) is 0 Å². The monoisotopic (exact) mass is 212 g/mol. The zero-order chi connectivity index (χ0) is 10.5. The van der Waals surface area contributed by atoms with Gasteiger partial charge in [-0.15, -0.1) is 0 Å². The molecule has 2 aliphatic heterocycles. The molecule has 0 aromatic rings. The van der Waals surface area contributed by atoms with Crippen molar-refractivity contribution < 1.29 is 9.53 Å². The summed E-state index contributed by atoms with van der Waals surface area (Å²) in [7, 11) is 0. The number of nitrogens with one attached hydrogen (secondary N) is 2. The molecule has 86 valence electrons. The molecule has 0 aliphatic carbocycles. The third-order valence-corrected chi connectivity index (χ3v) is 3.20. The van der Waals surface area contributed by atoms with Crippen molar-refractivity contribution in [3.05, 3.63) is 0 Å². The maximum absolute atomic E-state index is 11.7. The molecule has 2 N–H and O–H groups in total. The molecule has 0 radical (unpaired) electrons. The van der Waals surface area contributed by atoms with Crippen molar-refractivity contribution in [2.24, 2.45) is 5.92 Å². The molecule has 4 nitrogen and oxygen atoms in total. The lowest BCUT2D eigenvalue weighted by atomic mass is 10.0. The van der Waals surface area contributed by atoms with Crippen LogP contribution in [0.5, 0.6) is 0 Å². The van der Waals surface area contributed by atoms with Gasteiger partial charge in [0.2, 0.25) is 5.91 Å². The Morgan fingerprint density at radius 3 is 3.00 bits per heavy atom. The Bertz CT molecular complexity index is 209. The fourth-order valence-corrected chi connectivity index (χ4v) is 2.24. The van der Waals surface area contributed by atoms with E-state index in [2.05, 4.69) is 10.6 Å². The maximum atomic E-state index is 11.7. The van der Waals surface area contributed by atoms with E-state index in [-0.39, 0.29) is 11.9 Å². The average Bonchev–Trinajstić information content (AvgIpc) is 2.81. The molecule has 0 bridgehead atoms. The van der Waals surface area contributed by atoms with Crippen LogP contribution in [0, 0.1) is 5.92 Å². The zero-order valence-corrected chi connectivity index (χ0v) is 9.13. The van der Waals surface area contributed by atoms with Gasteiger partial charge in [-0.3, -0.25) is 4.79 Å². The average molecular weight is 212 g/mol. The fourth-order valence-electron chi connectivity index (χ4n) is 2.24. The number of carbonyl (C=O) groups excluding carboxylic acids is 1. The lowest BCUT2D eigenvalue weighted by Crippen LogP contribution is -2.43. The Kier molecular flexibility index (Phi) is 3.97. The second-order valence-corrected chi connectivity index (χ2v) is 4.48. The Labute approximate surface area is 90.8 Å². The summed E-state index contributed by atoms with van der Waals surface area (Å²) in [6, 6.07) is 0.0505. The summed E-state index contributed by atoms with van der Waals surface area (Å²) in [6.45, 7) is 3.44.